The lowest BCUT2D eigenvalue weighted by atomic mass is 10.0. The minimum absolute atomic E-state index is 0.293. The summed E-state index contributed by atoms with van der Waals surface area (Å²) in [5.74, 6) is 0. The first kappa shape index (κ1) is 17.0. The molecule has 1 heterocycles. The van der Waals surface area contributed by atoms with Crippen LogP contribution >= 0.6 is 38.9 Å². The van der Waals surface area contributed by atoms with Crippen LogP contribution in [0.4, 0.5) is 0 Å². The average Bonchev–Trinajstić information content (AvgIpc) is 2.94. The quantitative estimate of drug-likeness (QED) is 0.614. The Labute approximate surface area is 144 Å². The lowest BCUT2D eigenvalue weighted by Crippen LogP contribution is -2.24. The molecule has 0 bridgehead atoms. The molecule has 21 heavy (non-hydrogen) atoms. The summed E-state index contributed by atoms with van der Waals surface area (Å²) in [5.41, 5.74) is 1.24. The van der Waals surface area contributed by atoms with Crippen LogP contribution in [0, 0.1) is 0 Å². The standard InChI is InChI=1S/C17H21BrClNS/c1-3-9-20-17(11-14-7-6-13(4-2)21-14)15-10-12(19)5-8-16(15)18/h5-8,10,17,20H,3-4,9,11H2,1-2H3. The van der Waals surface area contributed by atoms with Crippen molar-refractivity contribution in [3.8, 4) is 0 Å². The molecular weight excluding hydrogens is 366 g/mol. The fourth-order valence-corrected chi connectivity index (χ4v) is 4.02. The molecule has 0 aliphatic heterocycles. The molecule has 0 aliphatic carbocycles. The van der Waals surface area contributed by atoms with Gasteiger partial charge < -0.3 is 5.32 Å². The van der Waals surface area contributed by atoms with E-state index in [4.69, 9.17) is 11.6 Å². The smallest absolute Gasteiger partial charge is 0.0410 e. The molecule has 0 fully saturated rings. The van der Waals surface area contributed by atoms with Gasteiger partial charge in [0.25, 0.3) is 0 Å². The zero-order chi connectivity index (χ0) is 15.2. The van der Waals surface area contributed by atoms with Crippen LogP contribution in [0.2, 0.25) is 5.02 Å². The normalized spacial score (nSPS) is 12.6. The number of hydrogen-bond acceptors (Lipinski definition) is 2. The van der Waals surface area contributed by atoms with Crippen molar-refractivity contribution < 1.29 is 0 Å². The third-order valence-corrected chi connectivity index (χ3v) is 5.65. The third-order valence-electron chi connectivity index (χ3n) is 3.45. The van der Waals surface area contributed by atoms with E-state index in [-0.39, 0.29) is 0 Å². The molecule has 0 amide bonds. The van der Waals surface area contributed by atoms with E-state index in [0.29, 0.717) is 6.04 Å². The van der Waals surface area contributed by atoms with Gasteiger partial charge in [-0.05, 0) is 55.3 Å². The zero-order valence-corrected chi connectivity index (χ0v) is 15.6. The van der Waals surface area contributed by atoms with Crippen LogP contribution in [0.15, 0.2) is 34.8 Å². The Hall–Kier alpha value is -0.350. The second kappa shape index (κ2) is 8.33. The van der Waals surface area contributed by atoms with Gasteiger partial charge in [-0.15, -0.1) is 11.3 Å². The van der Waals surface area contributed by atoms with Crippen molar-refractivity contribution in [2.24, 2.45) is 0 Å². The highest BCUT2D eigenvalue weighted by atomic mass is 79.9. The van der Waals surface area contributed by atoms with Gasteiger partial charge >= 0.3 is 0 Å². The molecule has 1 aromatic heterocycles. The Kier molecular flexibility index (Phi) is 6.74. The van der Waals surface area contributed by atoms with E-state index < -0.39 is 0 Å². The summed E-state index contributed by atoms with van der Waals surface area (Å²) in [7, 11) is 0. The zero-order valence-electron chi connectivity index (χ0n) is 12.5. The molecule has 1 nitrogen and oxygen atoms in total. The van der Waals surface area contributed by atoms with Gasteiger partial charge in [-0.25, -0.2) is 0 Å². The van der Waals surface area contributed by atoms with Crippen molar-refractivity contribution in [2.75, 3.05) is 6.54 Å². The summed E-state index contributed by atoms with van der Waals surface area (Å²) in [6, 6.07) is 10.8. The molecule has 0 saturated carbocycles. The summed E-state index contributed by atoms with van der Waals surface area (Å²) in [5, 5.41) is 4.44. The molecule has 114 valence electrons. The molecule has 2 rings (SSSR count). The maximum absolute atomic E-state index is 6.18. The van der Waals surface area contributed by atoms with Crippen LogP contribution in [0.1, 0.15) is 41.6 Å². The van der Waals surface area contributed by atoms with Crippen molar-refractivity contribution >= 4 is 38.9 Å². The molecule has 2 aromatic rings. The molecule has 1 aromatic carbocycles. The van der Waals surface area contributed by atoms with Gasteiger partial charge in [-0.3, -0.25) is 0 Å². The van der Waals surface area contributed by atoms with Crippen molar-refractivity contribution in [1.29, 1.82) is 0 Å². The van der Waals surface area contributed by atoms with Crippen LogP contribution in [0.3, 0.4) is 0 Å². The van der Waals surface area contributed by atoms with Crippen LogP contribution in [0.5, 0.6) is 0 Å². The van der Waals surface area contributed by atoms with E-state index in [9.17, 15) is 0 Å². The Morgan fingerprint density at radius 2 is 1.95 bits per heavy atom. The molecule has 1 unspecified atom stereocenters. The molecule has 1 atom stereocenters. The van der Waals surface area contributed by atoms with Crippen LogP contribution in [-0.2, 0) is 12.8 Å². The number of halogens is 2. The maximum Gasteiger partial charge on any atom is 0.0410 e. The molecule has 0 aliphatic rings. The minimum atomic E-state index is 0.293. The van der Waals surface area contributed by atoms with Crippen molar-refractivity contribution in [3.05, 3.63) is 55.1 Å². The highest BCUT2D eigenvalue weighted by molar-refractivity contribution is 9.10. The Balaban J connectivity index is 2.22. The molecule has 0 radical (unpaired) electrons. The van der Waals surface area contributed by atoms with Gasteiger partial charge in [0.2, 0.25) is 0 Å². The Morgan fingerprint density at radius 3 is 2.62 bits per heavy atom. The lowest BCUT2D eigenvalue weighted by Gasteiger charge is -2.20. The topological polar surface area (TPSA) is 12.0 Å². The van der Waals surface area contributed by atoms with Crippen LogP contribution in [0.25, 0.3) is 0 Å². The fourth-order valence-electron chi connectivity index (χ4n) is 2.32. The number of nitrogens with one attached hydrogen (secondary N) is 1. The second-order valence-electron chi connectivity index (χ2n) is 5.10. The average molecular weight is 387 g/mol. The van der Waals surface area contributed by atoms with E-state index in [1.807, 2.05) is 23.5 Å². The van der Waals surface area contributed by atoms with Crippen molar-refractivity contribution in [3.63, 3.8) is 0 Å². The second-order valence-corrected chi connectivity index (χ2v) is 7.64. The van der Waals surface area contributed by atoms with E-state index >= 15 is 0 Å². The Bertz CT molecular complexity index is 582. The largest absolute Gasteiger partial charge is 0.310 e. The summed E-state index contributed by atoms with van der Waals surface area (Å²) in [6.07, 6.45) is 3.24. The molecule has 1 N–H and O–H groups in total. The summed E-state index contributed by atoms with van der Waals surface area (Å²) < 4.78 is 1.12. The Morgan fingerprint density at radius 1 is 1.19 bits per heavy atom. The first-order chi connectivity index (χ1) is 10.1. The van der Waals surface area contributed by atoms with Crippen LogP contribution < -0.4 is 5.32 Å². The first-order valence-corrected chi connectivity index (χ1v) is 9.38. The number of thiophene rings is 1. The molecule has 4 heteroatoms. The van der Waals surface area contributed by atoms with Gasteiger partial charge in [0, 0.05) is 31.7 Å². The van der Waals surface area contributed by atoms with E-state index in [2.05, 4.69) is 53.3 Å². The SMILES string of the molecule is CCCNC(Cc1ccc(CC)s1)c1cc(Cl)ccc1Br. The van der Waals surface area contributed by atoms with Gasteiger partial charge in [0.15, 0.2) is 0 Å². The number of benzene rings is 1. The number of hydrogen-bond donors (Lipinski definition) is 1. The van der Waals surface area contributed by atoms with Gasteiger partial charge in [0.1, 0.15) is 0 Å². The van der Waals surface area contributed by atoms with Gasteiger partial charge in [0.05, 0.1) is 0 Å². The first-order valence-electron chi connectivity index (χ1n) is 7.40. The lowest BCUT2D eigenvalue weighted by molar-refractivity contribution is 0.530. The summed E-state index contributed by atoms with van der Waals surface area (Å²) in [6.45, 7) is 5.41. The number of aryl methyl sites for hydroxylation is 1. The predicted molar refractivity (Wildman–Crippen MR) is 97.6 cm³/mol. The molecule has 0 saturated heterocycles. The van der Waals surface area contributed by atoms with Crippen LogP contribution in [-0.4, -0.2) is 6.54 Å². The fraction of sp³-hybridized carbons (Fsp3) is 0.412. The monoisotopic (exact) mass is 385 g/mol. The third kappa shape index (κ3) is 4.82. The van der Waals surface area contributed by atoms with E-state index in [1.165, 1.54) is 15.3 Å². The minimum Gasteiger partial charge on any atom is -0.310 e. The molecule has 0 spiro atoms. The van der Waals surface area contributed by atoms with Gasteiger partial charge in [-0.2, -0.15) is 0 Å². The molecular formula is C17H21BrClNS. The van der Waals surface area contributed by atoms with Crippen molar-refractivity contribution in [1.82, 2.24) is 5.32 Å². The predicted octanol–water partition coefficient (Wildman–Crippen LogP) is 6.01. The summed E-state index contributed by atoms with van der Waals surface area (Å²) in [4.78, 5) is 2.87. The van der Waals surface area contributed by atoms with Crippen molar-refractivity contribution in [2.45, 2.75) is 39.2 Å². The summed E-state index contributed by atoms with van der Waals surface area (Å²) >= 11 is 11.7. The highest BCUT2D eigenvalue weighted by Crippen LogP contribution is 2.30. The number of rotatable bonds is 7. The van der Waals surface area contributed by atoms with E-state index in [1.54, 1.807) is 0 Å². The van der Waals surface area contributed by atoms with Gasteiger partial charge in [-0.1, -0.05) is 41.4 Å². The van der Waals surface area contributed by atoms with E-state index in [0.717, 1.165) is 35.3 Å². The maximum atomic E-state index is 6.18. The highest BCUT2D eigenvalue weighted by Gasteiger charge is 2.16.